The molecule has 5 rings (SSSR count). The first-order chi connectivity index (χ1) is 15.0. The lowest BCUT2D eigenvalue weighted by Gasteiger charge is -2.26. The summed E-state index contributed by atoms with van der Waals surface area (Å²) in [5, 5.41) is 7.87. The molecule has 0 bridgehead atoms. The monoisotopic (exact) mass is 435 g/mol. The summed E-state index contributed by atoms with van der Waals surface area (Å²) in [5.74, 6) is -0.920. The van der Waals surface area contributed by atoms with Gasteiger partial charge in [0.1, 0.15) is 17.3 Å². The minimum atomic E-state index is -0.474. The van der Waals surface area contributed by atoms with Crippen molar-refractivity contribution in [1.29, 1.82) is 0 Å². The first-order valence-electron chi connectivity index (χ1n) is 9.66. The standard InChI is InChI=1S/C24H16ClF2N3O/c25-17-7-3-15(4-8-17)21-20-22(29-28-21)24(31)30(13-14-1-9-18(26)10-2-14)23(20)16-5-11-19(27)12-6-16/h1-12,23H,13H2,(H,28,29). The van der Waals surface area contributed by atoms with Crippen LogP contribution in [0.25, 0.3) is 11.3 Å². The van der Waals surface area contributed by atoms with E-state index in [1.54, 1.807) is 41.3 Å². The van der Waals surface area contributed by atoms with Gasteiger partial charge in [-0.1, -0.05) is 48.0 Å². The summed E-state index contributed by atoms with van der Waals surface area (Å²) in [6, 6.07) is 18.8. The van der Waals surface area contributed by atoms with Gasteiger partial charge >= 0.3 is 0 Å². The summed E-state index contributed by atoms with van der Waals surface area (Å²) < 4.78 is 27.0. The first kappa shape index (κ1) is 19.5. The molecular formula is C24H16ClF2N3O. The predicted octanol–water partition coefficient (Wildman–Crippen LogP) is 5.75. The van der Waals surface area contributed by atoms with Crippen molar-refractivity contribution in [2.24, 2.45) is 0 Å². The average molecular weight is 436 g/mol. The highest BCUT2D eigenvalue weighted by atomic mass is 35.5. The number of hydrogen-bond donors (Lipinski definition) is 1. The second kappa shape index (κ2) is 7.63. The van der Waals surface area contributed by atoms with Crippen LogP contribution in [0.2, 0.25) is 5.02 Å². The van der Waals surface area contributed by atoms with Crippen LogP contribution >= 0.6 is 11.6 Å². The maximum absolute atomic E-state index is 13.6. The zero-order valence-corrected chi connectivity index (χ0v) is 16.9. The Morgan fingerprint density at radius 1 is 0.903 bits per heavy atom. The van der Waals surface area contributed by atoms with Crippen LogP contribution in [-0.2, 0) is 6.54 Å². The van der Waals surface area contributed by atoms with Crippen LogP contribution in [0.15, 0.2) is 72.8 Å². The maximum atomic E-state index is 13.6. The molecule has 31 heavy (non-hydrogen) atoms. The van der Waals surface area contributed by atoms with Crippen molar-refractivity contribution in [2.45, 2.75) is 12.6 Å². The van der Waals surface area contributed by atoms with Gasteiger partial charge in [-0.25, -0.2) is 8.78 Å². The number of carbonyl (C=O) groups excluding carboxylic acids is 1. The second-order valence-electron chi connectivity index (χ2n) is 7.38. The molecule has 0 radical (unpaired) electrons. The molecule has 3 aromatic carbocycles. The number of hydrogen-bond acceptors (Lipinski definition) is 2. The highest BCUT2D eigenvalue weighted by Crippen LogP contribution is 2.43. The molecule has 2 heterocycles. The van der Waals surface area contributed by atoms with Gasteiger partial charge in [-0.3, -0.25) is 9.89 Å². The van der Waals surface area contributed by atoms with Crippen LogP contribution in [-0.4, -0.2) is 21.0 Å². The molecule has 1 aromatic heterocycles. The third-order valence-electron chi connectivity index (χ3n) is 5.43. The average Bonchev–Trinajstić information content (AvgIpc) is 3.31. The van der Waals surface area contributed by atoms with Crippen molar-refractivity contribution in [3.05, 3.63) is 112 Å². The summed E-state index contributed by atoms with van der Waals surface area (Å²) in [4.78, 5) is 15.0. The van der Waals surface area contributed by atoms with Gasteiger partial charge in [0, 0.05) is 22.7 Å². The number of fused-ring (bicyclic) bond motifs is 1. The Bertz CT molecular complexity index is 1250. The van der Waals surface area contributed by atoms with Gasteiger partial charge in [-0.05, 0) is 47.5 Å². The third kappa shape index (κ3) is 3.49. The fraction of sp³-hybridized carbons (Fsp3) is 0.0833. The molecule has 1 atom stereocenters. The van der Waals surface area contributed by atoms with Crippen molar-refractivity contribution in [1.82, 2.24) is 15.1 Å². The molecule has 0 fully saturated rings. The molecule has 154 valence electrons. The molecule has 0 spiro atoms. The predicted molar refractivity (Wildman–Crippen MR) is 114 cm³/mol. The van der Waals surface area contributed by atoms with Crippen molar-refractivity contribution >= 4 is 17.5 Å². The molecule has 1 aliphatic rings. The summed E-state index contributed by atoms with van der Waals surface area (Å²) in [5.41, 5.74) is 4.10. The van der Waals surface area contributed by atoms with Crippen LogP contribution < -0.4 is 0 Å². The number of halogens is 3. The summed E-state index contributed by atoms with van der Waals surface area (Å²) >= 11 is 6.02. The lowest BCUT2D eigenvalue weighted by atomic mass is 9.96. The smallest absolute Gasteiger partial charge is 0.273 e. The highest BCUT2D eigenvalue weighted by molar-refractivity contribution is 6.30. The van der Waals surface area contributed by atoms with E-state index in [-0.39, 0.29) is 24.1 Å². The van der Waals surface area contributed by atoms with Crippen molar-refractivity contribution in [2.75, 3.05) is 0 Å². The Morgan fingerprint density at radius 2 is 1.52 bits per heavy atom. The fourth-order valence-corrected chi connectivity index (χ4v) is 4.09. The molecular weight excluding hydrogens is 420 g/mol. The Kier molecular flexibility index (Phi) is 4.79. The molecule has 0 saturated carbocycles. The number of carbonyl (C=O) groups is 1. The Morgan fingerprint density at radius 3 is 2.16 bits per heavy atom. The number of nitrogens with one attached hydrogen (secondary N) is 1. The number of amides is 1. The maximum Gasteiger partial charge on any atom is 0.273 e. The van der Waals surface area contributed by atoms with Gasteiger partial charge in [0.2, 0.25) is 0 Å². The Labute approximate surface area is 182 Å². The van der Waals surface area contributed by atoms with E-state index >= 15 is 0 Å². The van der Waals surface area contributed by atoms with Crippen LogP contribution in [0.1, 0.15) is 33.2 Å². The Hall–Kier alpha value is -3.51. The van der Waals surface area contributed by atoms with Gasteiger partial charge in [-0.2, -0.15) is 5.10 Å². The topological polar surface area (TPSA) is 49.0 Å². The van der Waals surface area contributed by atoms with Gasteiger partial charge in [0.25, 0.3) is 5.91 Å². The molecule has 4 aromatic rings. The summed E-state index contributed by atoms with van der Waals surface area (Å²) in [6.07, 6.45) is 0. The number of nitrogens with zero attached hydrogens (tertiary/aromatic N) is 2. The molecule has 1 amide bonds. The van der Waals surface area contributed by atoms with E-state index in [0.717, 1.165) is 22.3 Å². The van der Waals surface area contributed by atoms with E-state index in [0.29, 0.717) is 16.4 Å². The van der Waals surface area contributed by atoms with Crippen LogP contribution in [0.3, 0.4) is 0 Å². The first-order valence-corrected chi connectivity index (χ1v) is 10.0. The number of benzene rings is 3. The molecule has 1 N–H and O–H groups in total. The minimum absolute atomic E-state index is 0.221. The molecule has 1 unspecified atom stereocenters. The largest absolute Gasteiger partial charge is 0.322 e. The Balaban J connectivity index is 1.63. The van der Waals surface area contributed by atoms with Crippen LogP contribution in [0.5, 0.6) is 0 Å². The van der Waals surface area contributed by atoms with Crippen LogP contribution in [0, 0.1) is 11.6 Å². The summed E-state index contributed by atoms with van der Waals surface area (Å²) in [6.45, 7) is 0.268. The van der Waals surface area contributed by atoms with Gasteiger partial charge in [0.05, 0.1) is 11.7 Å². The van der Waals surface area contributed by atoms with E-state index in [1.165, 1.54) is 24.3 Å². The van der Waals surface area contributed by atoms with Crippen molar-refractivity contribution < 1.29 is 13.6 Å². The van der Waals surface area contributed by atoms with E-state index in [4.69, 9.17) is 11.6 Å². The molecule has 0 aliphatic carbocycles. The lowest BCUT2D eigenvalue weighted by molar-refractivity contribution is 0.0730. The quantitative estimate of drug-likeness (QED) is 0.443. The molecule has 1 aliphatic heterocycles. The van der Waals surface area contributed by atoms with Crippen molar-refractivity contribution in [3.63, 3.8) is 0 Å². The zero-order valence-electron chi connectivity index (χ0n) is 16.1. The van der Waals surface area contributed by atoms with Gasteiger partial charge in [0.15, 0.2) is 0 Å². The number of H-pyrrole nitrogens is 1. The van der Waals surface area contributed by atoms with Gasteiger partial charge < -0.3 is 4.90 Å². The minimum Gasteiger partial charge on any atom is -0.322 e. The molecule has 7 heteroatoms. The number of aromatic nitrogens is 2. The van der Waals surface area contributed by atoms with Crippen molar-refractivity contribution in [3.8, 4) is 11.3 Å². The molecule has 4 nitrogen and oxygen atoms in total. The SMILES string of the molecule is O=C1c2[nH]nc(-c3ccc(Cl)cc3)c2C(c2ccc(F)cc2)N1Cc1ccc(F)cc1. The summed E-state index contributed by atoms with van der Waals surface area (Å²) in [7, 11) is 0. The van der Waals surface area contributed by atoms with Crippen LogP contribution in [0.4, 0.5) is 8.78 Å². The molecule has 0 saturated heterocycles. The second-order valence-corrected chi connectivity index (χ2v) is 7.82. The zero-order chi connectivity index (χ0) is 21.5. The lowest BCUT2D eigenvalue weighted by Crippen LogP contribution is -2.29. The van der Waals surface area contributed by atoms with E-state index in [9.17, 15) is 13.6 Å². The number of aromatic amines is 1. The van der Waals surface area contributed by atoms with E-state index in [2.05, 4.69) is 10.2 Å². The normalized spacial score (nSPS) is 15.4. The van der Waals surface area contributed by atoms with Gasteiger partial charge in [-0.15, -0.1) is 0 Å². The highest BCUT2D eigenvalue weighted by Gasteiger charge is 2.42. The fourth-order valence-electron chi connectivity index (χ4n) is 3.97. The van der Waals surface area contributed by atoms with E-state index < -0.39 is 6.04 Å². The number of rotatable bonds is 4. The van der Waals surface area contributed by atoms with E-state index in [1.807, 2.05) is 12.1 Å². The third-order valence-corrected chi connectivity index (χ3v) is 5.69.